The van der Waals surface area contributed by atoms with E-state index >= 15 is 0 Å². The number of nitrogens with zero attached hydrogens (tertiary/aromatic N) is 1. The Morgan fingerprint density at radius 2 is 1.95 bits per heavy atom. The van der Waals surface area contributed by atoms with Crippen LogP contribution in [-0.4, -0.2) is 4.98 Å². The van der Waals surface area contributed by atoms with Crippen LogP contribution in [0.3, 0.4) is 0 Å². The molecule has 0 radical (unpaired) electrons. The average Bonchev–Trinajstić information content (AvgIpc) is 2.39. The lowest BCUT2D eigenvalue weighted by Gasteiger charge is -2.10. The quantitative estimate of drug-likeness (QED) is 0.712. The number of pyridine rings is 1. The molecule has 1 N–H and O–H groups in total. The lowest BCUT2D eigenvalue weighted by atomic mass is 10.1. The number of halogens is 1. The molecule has 0 atom stereocenters. The molecule has 3 aromatic rings. The first-order valence-corrected chi connectivity index (χ1v) is 6.48. The number of nitrogens with one attached hydrogen (secondary N) is 1. The van der Waals surface area contributed by atoms with Crippen molar-refractivity contribution in [2.24, 2.45) is 0 Å². The Hall–Kier alpha value is -2.06. The van der Waals surface area contributed by atoms with Crippen LogP contribution in [0.2, 0.25) is 5.02 Å². The third kappa shape index (κ3) is 2.54. The van der Waals surface area contributed by atoms with Gasteiger partial charge >= 0.3 is 0 Å². The molecule has 0 bridgehead atoms. The molecule has 2 aromatic carbocycles. The van der Waals surface area contributed by atoms with Crippen LogP contribution >= 0.6 is 11.6 Å². The zero-order valence-corrected chi connectivity index (χ0v) is 11.3. The maximum atomic E-state index is 6.00. The van der Waals surface area contributed by atoms with E-state index in [9.17, 15) is 0 Å². The molecule has 3 rings (SSSR count). The Kier molecular flexibility index (Phi) is 3.10. The van der Waals surface area contributed by atoms with Crippen molar-refractivity contribution in [3.63, 3.8) is 0 Å². The van der Waals surface area contributed by atoms with Crippen molar-refractivity contribution in [2.75, 3.05) is 5.32 Å². The van der Waals surface area contributed by atoms with Gasteiger partial charge in [-0.2, -0.15) is 0 Å². The highest BCUT2D eigenvalue weighted by Gasteiger charge is 2.03. The number of benzene rings is 2. The van der Waals surface area contributed by atoms with Crippen LogP contribution in [0.15, 0.2) is 54.7 Å². The lowest BCUT2D eigenvalue weighted by molar-refractivity contribution is 1.39. The van der Waals surface area contributed by atoms with Gasteiger partial charge in [0.05, 0.1) is 5.52 Å². The topological polar surface area (TPSA) is 24.9 Å². The molecular weight excluding hydrogens is 256 g/mol. The van der Waals surface area contributed by atoms with Crippen molar-refractivity contribution in [1.29, 1.82) is 0 Å². The summed E-state index contributed by atoms with van der Waals surface area (Å²) < 4.78 is 0. The third-order valence-corrected chi connectivity index (χ3v) is 3.24. The van der Waals surface area contributed by atoms with Crippen LogP contribution in [-0.2, 0) is 0 Å². The highest BCUT2D eigenvalue weighted by atomic mass is 35.5. The second-order valence-electron chi connectivity index (χ2n) is 4.51. The molecule has 0 unspecified atom stereocenters. The zero-order chi connectivity index (χ0) is 13.2. The van der Waals surface area contributed by atoms with Gasteiger partial charge in [0, 0.05) is 28.0 Å². The minimum atomic E-state index is 0.722. The Labute approximate surface area is 117 Å². The second-order valence-corrected chi connectivity index (χ2v) is 4.95. The first-order valence-electron chi connectivity index (χ1n) is 6.10. The molecule has 0 aliphatic rings. The normalized spacial score (nSPS) is 10.6. The van der Waals surface area contributed by atoms with E-state index in [4.69, 9.17) is 11.6 Å². The van der Waals surface area contributed by atoms with Gasteiger partial charge in [-0.05, 0) is 43.3 Å². The maximum Gasteiger partial charge on any atom is 0.0723 e. The molecule has 19 heavy (non-hydrogen) atoms. The van der Waals surface area contributed by atoms with Crippen LogP contribution in [0.5, 0.6) is 0 Å². The molecule has 0 fully saturated rings. The van der Waals surface area contributed by atoms with E-state index in [0.717, 1.165) is 27.3 Å². The van der Waals surface area contributed by atoms with Crippen molar-refractivity contribution in [1.82, 2.24) is 4.98 Å². The van der Waals surface area contributed by atoms with E-state index in [1.165, 1.54) is 5.56 Å². The zero-order valence-electron chi connectivity index (χ0n) is 10.5. The fourth-order valence-electron chi connectivity index (χ4n) is 2.09. The minimum absolute atomic E-state index is 0.722. The maximum absolute atomic E-state index is 6.00. The lowest BCUT2D eigenvalue weighted by Crippen LogP contribution is -1.92. The fourth-order valence-corrected chi connectivity index (χ4v) is 2.28. The van der Waals surface area contributed by atoms with Gasteiger partial charge in [0.25, 0.3) is 0 Å². The summed E-state index contributed by atoms with van der Waals surface area (Å²) in [5.41, 5.74) is 4.21. The van der Waals surface area contributed by atoms with E-state index in [1.54, 1.807) is 0 Å². The largest absolute Gasteiger partial charge is 0.355 e. The van der Waals surface area contributed by atoms with Crippen LogP contribution in [0, 0.1) is 6.92 Å². The van der Waals surface area contributed by atoms with Crippen LogP contribution in [0.4, 0.5) is 11.4 Å². The highest BCUT2D eigenvalue weighted by molar-refractivity contribution is 6.30. The van der Waals surface area contributed by atoms with E-state index in [1.807, 2.05) is 42.6 Å². The van der Waals surface area contributed by atoms with Crippen molar-refractivity contribution in [3.8, 4) is 0 Å². The van der Waals surface area contributed by atoms with Crippen molar-refractivity contribution in [2.45, 2.75) is 6.92 Å². The predicted octanol–water partition coefficient (Wildman–Crippen LogP) is 4.94. The molecule has 0 aliphatic carbocycles. The number of fused-ring (bicyclic) bond motifs is 1. The monoisotopic (exact) mass is 268 g/mol. The summed E-state index contributed by atoms with van der Waals surface area (Å²) in [5.74, 6) is 0. The first kappa shape index (κ1) is 12.0. The molecule has 1 heterocycles. The summed E-state index contributed by atoms with van der Waals surface area (Å²) in [6, 6.07) is 15.9. The van der Waals surface area contributed by atoms with Crippen molar-refractivity contribution >= 4 is 33.9 Å². The summed E-state index contributed by atoms with van der Waals surface area (Å²) in [4.78, 5) is 4.38. The standard InChI is InChI=1S/C16H13ClN2/c1-11-5-6-15-14(9-11)16(7-8-18-15)19-13-4-2-3-12(17)10-13/h2-10H,1H3,(H,18,19). The number of rotatable bonds is 2. The van der Waals surface area contributed by atoms with Crippen LogP contribution < -0.4 is 5.32 Å². The van der Waals surface area contributed by atoms with E-state index in [-0.39, 0.29) is 0 Å². The smallest absolute Gasteiger partial charge is 0.0723 e. The molecule has 0 spiro atoms. The Morgan fingerprint density at radius 1 is 1.05 bits per heavy atom. The summed E-state index contributed by atoms with van der Waals surface area (Å²) in [5, 5.41) is 5.23. The summed E-state index contributed by atoms with van der Waals surface area (Å²) in [6.07, 6.45) is 1.81. The van der Waals surface area contributed by atoms with Gasteiger partial charge in [0.1, 0.15) is 0 Å². The molecule has 1 aromatic heterocycles. The van der Waals surface area contributed by atoms with E-state index in [2.05, 4.69) is 29.4 Å². The summed E-state index contributed by atoms with van der Waals surface area (Å²) >= 11 is 6.00. The van der Waals surface area contributed by atoms with Gasteiger partial charge in [-0.15, -0.1) is 0 Å². The Balaban J connectivity index is 2.07. The Bertz CT molecular complexity index is 738. The molecule has 94 valence electrons. The van der Waals surface area contributed by atoms with Crippen molar-refractivity contribution < 1.29 is 0 Å². The number of hydrogen-bond acceptors (Lipinski definition) is 2. The highest BCUT2D eigenvalue weighted by Crippen LogP contribution is 2.26. The van der Waals surface area contributed by atoms with E-state index in [0.29, 0.717) is 0 Å². The first-order chi connectivity index (χ1) is 9.22. The third-order valence-electron chi connectivity index (χ3n) is 3.00. The molecular formula is C16H13ClN2. The molecule has 0 aliphatic heterocycles. The van der Waals surface area contributed by atoms with Gasteiger partial charge in [0.2, 0.25) is 0 Å². The number of aryl methyl sites for hydroxylation is 1. The summed E-state index contributed by atoms with van der Waals surface area (Å²) in [6.45, 7) is 2.08. The number of anilines is 2. The minimum Gasteiger partial charge on any atom is -0.355 e. The Morgan fingerprint density at radius 3 is 2.79 bits per heavy atom. The van der Waals surface area contributed by atoms with Gasteiger partial charge in [-0.25, -0.2) is 0 Å². The van der Waals surface area contributed by atoms with Gasteiger partial charge < -0.3 is 5.32 Å². The molecule has 3 heteroatoms. The fraction of sp³-hybridized carbons (Fsp3) is 0.0625. The van der Waals surface area contributed by atoms with Crippen LogP contribution in [0.25, 0.3) is 10.9 Å². The van der Waals surface area contributed by atoms with Crippen LogP contribution in [0.1, 0.15) is 5.56 Å². The average molecular weight is 269 g/mol. The van der Waals surface area contributed by atoms with Gasteiger partial charge in [-0.1, -0.05) is 29.3 Å². The number of aromatic nitrogens is 1. The second kappa shape index (κ2) is 4.90. The van der Waals surface area contributed by atoms with Gasteiger partial charge in [0.15, 0.2) is 0 Å². The molecule has 2 nitrogen and oxygen atoms in total. The number of hydrogen-bond donors (Lipinski definition) is 1. The predicted molar refractivity (Wildman–Crippen MR) is 81.2 cm³/mol. The molecule has 0 saturated carbocycles. The molecule has 0 amide bonds. The molecule has 0 saturated heterocycles. The SMILES string of the molecule is Cc1ccc2nccc(Nc3cccc(Cl)c3)c2c1. The van der Waals surface area contributed by atoms with Crippen molar-refractivity contribution in [3.05, 3.63) is 65.3 Å². The van der Waals surface area contributed by atoms with E-state index < -0.39 is 0 Å². The van der Waals surface area contributed by atoms with Gasteiger partial charge in [-0.3, -0.25) is 4.98 Å². The summed E-state index contributed by atoms with van der Waals surface area (Å²) in [7, 11) is 0.